The third-order valence-electron chi connectivity index (χ3n) is 5.22. The molecule has 30 heavy (non-hydrogen) atoms. The van der Waals surface area contributed by atoms with Crippen molar-refractivity contribution in [3.8, 4) is 45.3 Å². The van der Waals surface area contributed by atoms with Gasteiger partial charge in [-0.05, 0) is 53.4 Å². The molecule has 1 heterocycles. The van der Waals surface area contributed by atoms with Crippen LogP contribution in [0.1, 0.15) is 11.1 Å². The summed E-state index contributed by atoms with van der Waals surface area (Å²) in [4.78, 5) is 4.54. The maximum absolute atomic E-state index is 9.76. The molecule has 0 aliphatic carbocycles. The number of anilines is 1. The molecule has 0 saturated heterocycles. The maximum atomic E-state index is 9.76. The summed E-state index contributed by atoms with van der Waals surface area (Å²) in [5.74, 6) is 1.01. The Morgan fingerprint density at radius 3 is 1.97 bits per heavy atom. The number of aromatic nitrogens is 1. The molecule has 0 amide bonds. The fraction of sp³-hybridized carbons (Fsp3) is 0.0769. The van der Waals surface area contributed by atoms with E-state index in [4.69, 9.17) is 10.5 Å². The summed E-state index contributed by atoms with van der Waals surface area (Å²) in [6.45, 7) is 1.98. The van der Waals surface area contributed by atoms with Crippen LogP contribution >= 0.6 is 0 Å². The van der Waals surface area contributed by atoms with E-state index in [1.807, 2.05) is 61.5 Å². The van der Waals surface area contributed by atoms with Gasteiger partial charge in [0.1, 0.15) is 23.2 Å². The molecule has 0 unspecified atom stereocenters. The van der Waals surface area contributed by atoms with Crippen molar-refractivity contribution in [2.45, 2.75) is 6.92 Å². The Hall–Kier alpha value is -4.10. The van der Waals surface area contributed by atoms with E-state index in [1.54, 1.807) is 7.11 Å². The highest BCUT2D eigenvalue weighted by Crippen LogP contribution is 2.36. The number of nitrogen functional groups attached to an aromatic ring is 1. The second kappa shape index (κ2) is 8.10. The molecule has 0 bridgehead atoms. The second-order valence-electron chi connectivity index (χ2n) is 7.00. The maximum Gasteiger partial charge on any atom is 0.142 e. The standard InChI is InChI=1S/C26H21N3O/c1-17-24(20-10-8-19(9-11-20)18-6-4-3-5-7-18)23(16-27)26(28)29-25(17)21-12-14-22(30-2)15-13-21/h3-15H,1-2H3,(H2,28,29). The molecule has 1 aromatic heterocycles. The fourth-order valence-electron chi connectivity index (χ4n) is 3.66. The summed E-state index contributed by atoms with van der Waals surface area (Å²) >= 11 is 0. The van der Waals surface area contributed by atoms with Crippen molar-refractivity contribution in [3.63, 3.8) is 0 Å². The molecule has 0 aliphatic heterocycles. The Labute approximate surface area is 176 Å². The molecular weight excluding hydrogens is 370 g/mol. The minimum absolute atomic E-state index is 0.232. The monoisotopic (exact) mass is 391 g/mol. The summed E-state index contributed by atoms with van der Waals surface area (Å²) in [6.07, 6.45) is 0. The average molecular weight is 391 g/mol. The summed E-state index contributed by atoms with van der Waals surface area (Å²) < 4.78 is 5.25. The molecule has 4 rings (SSSR count). The van der Waals surface area contributed by atoms with Crippen molar-refractivity contribution in [2.75, 3.05) is 12.8 Å². The van der Waals surface area contributed by atoms with Crippen LogP contribution < -0.4 is 10.5 Å². The number of rotatable bonds is 4. The Balaban J connectivity index is 1.84. The van der Waals surface area contributed by atoms with Crippen molar-refractivity contribution in [1.82, 2.24) is 4.98 Å². The number of nitriles is 1. The first-order chi connectivity index (χ1) is 14.6. The minimum atomic E-state index is 0.232. The number of hydrogen-bond acceptors (Lipinski definition) is 4. The van der Waals surface area contributed by atoms with E-state index < -0.39 is 0 Å². The van der Waals surface area contributed by atoms with Crippen molar-refractivity contribution in [3.05, 3.63) is 90.0 Å². The first-order valence-corrected chi connectivity index (χ1v) is 9.63. The molecule has 0 saturated carbocycles. The van der Waals surface area contributed by atoms with Crippen LogP contribution in [0.5, 0.6) is 5.75 Å². The van der Waals surface area contributed by atoms with Gasteiger partial charge >= 0.3 is 0 Å². The van der Waals surface area contributed by atoms with Gasteiger partial charge in [-0.1, -0.05) is 54.6 Å². The van der Waals surface area contributed by atoms with Gasteiger partial charge in [-0.2, -0.15) is 5.26 Å². The van der Waals surface area contributed by atoms with Crippen LogP contribution in [0.15, 0.2) is 78.9 Å². The van der Waals surface area contributed by atoms with Gasteiger partial charge in [-0.15, -0.1) is 0 Å². The third-order valence-corrected chi connectivity index (χ3v) is 5.22. The first kappa shape index (κ1) is 19.2. The lowest BCUT2D eigenvalue weighted by Crippen LogP contribution is -2.03. The van der Waals surface area contributed by atoms with Gasteiger partial charge in [0.25, 0.3) is 0 Å². The van der Waals surface area contributed by atoms with Gasteiger partial charge < -0.3 is 10.5 Å². The van der Waals surface area contributed by atoms with E-state index in [-0.39, 0.29) is 5.82 Å². The number of hydrogen-bond donors (Lipinski definition) is 1. The van der Waals surface area contributed by atoms with Crippen LogP contribution in [0.25, 0.3) is 33.5 Å². The Morgan fingerprint density at radius 2 is 1.37 bits per heavy atom. The number of benzene rings is 3. The van der Waals surface area contributed by atoms with Gasteiger partial charge in [0.15, 0.2) is 0 Å². The number of ether oxygens (including phenoxy) is 1. The zero-order chi connectivity index (χ0) is 21.1. The van der Waals surface area contributed by atoms with E-state index in [0.29, 0.717) is 5.56 Å². The minimum Gasteiger partial charge on any atom is -0.497 e. The Morgan fingerprint density at radius 1 is 0.800 bits per heavy atom. The zero-order valence-corrected chi connectivity index (χ0v) is 16.9. The van der Waals surface area contributed by atoms with Crippen molar-refractivity contribution in [2.24, 2.45) is 0 Å². The quantitative estimate of drug-likeness (QED) is 0.473. The number of nitrogens with zero attached hydrogens (tertiary/aromatic N) is 2. The number of nitrogens with two attached hydrogens (primary N) is 1. The Kier molecular flexibility index (Phi) is 5.19. The lowest BCUT2D eigenvalue weighted by molar-refractivity contribution is 0.415. The topological polar surface area (TPSA) is 71.9 Å². The lowest BCUT2D eigenvalue weighted by atomic mass is 9.91. The van der Waals surface area contributed by atoms with E-state index in [2.05, 4.69) is 35.3 Å². The van der Waals surface area contributed by atoms with E-state index in [1.165, 1.54) is 0 Å². The van der Waals surface area contributed by atoms with E-state index >= 15 is 0 Å². The first-order valence-electron chi connectivity index (χ1n) is 9.63. The molecule has 0 aliphatic rings. The molecule has 4 aromatic rings. The highest BCUT2D eigenvalue weighted by Gasteiger charge is 2.18. The predicted octanol–water partition coefficient (Wildman–Crippen LogP) is 5.85. The second-order valence-corrected chi connectivity index (χ2v) is 7.00. The normalized spacial score (nSPS) is 10.4. The number of methoxy groups -OCH3 is 1. The highest BCUT2D eigenvalue weighted by molar-refractivity contribution is 5.85. The van der Waals surface area contributed by atoms with Gasteiger partial charge in [-0.25, -0.2) is 4.98 Å². The lowest BCUT2D eigenvalue weighted by Gasteiger charge is -2.16. The molecule has 0 radical (unpaired) electrons. The Bertz CT molecular complexity index is 1220. The van der Waals surface area contributed by atoms with E-state index in [0.717, 1.165) is 44.8 Å². The van der Waals surface area contributed by atoms with Crippen LogP contribution in [-0.2, 0) is 0 Å². The predicted molar refractivity (Wildman–Crippen MR) is 121 cm³/mol. The van der Waals surface area contributed by atoms with Gasteiger partial charge in [0.2, 0.25) is 0 Å². The summed E-state index contributed by atoms with van der Waals surface area (Å²) in [5.41, 5.74) is 13.2. The molecule has 4 nitrogen and oxygen atoms in total. The van der Waals surface area contributed by atoms with Crippen molar-refractivity contribution >= 4 is 5.82 Å². The van der Waals surface area contributed by atoms with E-state index in [9.17, 15) is 5.26 Å². The highest BCUT2D eigenvalue weighted by atomic mass is 16.5. The molecule has 4 heteroatoms. The van der Waals surface area contributed by atoms with Crippen LogP contribution in [0.2, 0.25) is 0 Å². The summed E-state index contributed by atoms with van der Waals surface area (Å²) in [6, 6.07) is 28.3. The van der Waals surface area contributed by atoms with Crippen LogP contribution in [0.4, 0.5) is 5.82 Å². The SMILES string of the molecule is COc1ccc(-c2nc(N)c(C#N)c(-c3ccc(-c4ccccc4)cc3)c2C)cc1. The van der Waals surface area contributed by atoms with Crippen molar-refractivity contribution < 1.29 is 4.74 Å². The van der Waals surface area contributed by atoms with Gasteiger partial charge in [0.05, 0.1) is 12.8 Å². The average Bonchev–Trinajstić information content (AvgIpc) is 2.81. The summed E-state index contributed by atoms with van der Waals surface area (Å²) in [7, 11) is 1.63. The smallest absolute Gasteiger partial charge is 0.142 e. The summed E-state index contributed by atoms with van der Waals surface area (Å²) in [5, 5.41) is 9.76. The molecule has 0 spiro atoms. The molecule has 146 valence electrons. The zero-order valence-electron chi connectivity index (χ0n) is 16.9. The van der Waals surface area contributed by atoms with Crippen LogP contribution in [-0.4, -0.2) is 12.1 Å². The van der Waals surface area contributed by atoms with Crippen LogP contribution in [0.3, 0.4) is 0 Å². The number of pyridine rings is 1. The molecule has 0 atom stereocenters. The largest absolute Gasteiger partial charge is 0.497 e. The van der Waals surface area contributed by atoms with Gasteiger partial charge in [-0.3, -0.25) is 0 Å². The molecule has 3 aromatic carbocycles. The third kappa shape index (κ3) is 3.49. The fourth-order valence-corrected chi connectivity index (χ4v) is 3.66. The van der Waals surface area contributed by atoms with Crippen molar-refractivity contribution in [1.29, 1.82) is 5.26 Å². The molecule has 2 N–H and O–H groups in total. The van der Waals surface area contributed by atoms with Gasteiger partial charge in [0, 0.05) is 11.1 Å². The van der Waals surface area contributed by atoms with Crippen LogP contribution in [0, 0.1) is 18.3 Å². The molecular formula is C26H21N3O. The molecule has 0 fully saturated rings.